The second-order valence-corrected chi connectivity index (χ2v) is 9.38. The lowest BCUT2D eigenvalue weighted by Crippen LogP contribution is -1.96. The summed E-state index contributed by atoms with van der Waals surface area (Å²) in [6, 6.07) is 3.07. The van der Waals surface area contributed by atoms with Crippen LogP contribution in [0.2, 0.25) is 10.0 Å². The molecule has 0 aromatic heterocycles. The maximum Gasteiger partial charge on any atom is 0.440 e. The number of rotatable bonds is 9. The Bertz CT molecular complexity index is 610. The minimum atomic E-state index is -3.40. The third kappa shape index (κ3) is 6.08. The highest BCUT2D eigenvalue weighted by atomic mass is 35.5. The van der Waals surface area contributed by atoms with Crippen molar-refractivity contribution in [3.8, 4) is 5.75 Å². The first kappa shape index (κ1) is 21.0. The summed E-state index contributed by atoms with van der Waals surface area (Å²) in [5.74, 6) is 1.17. The van der Waals surface area contributed by atoms with Gasteiger partial charge in [-0.2, -0.15) is 0 Å². The fourth-order valence-corrected chi connectivity index (χ4v) is 5.74. The number of methoxy groups -OCH3 is 1. The molecule has 0 bridgehead atoms. The molecular weight excluding hydrogens is 402 g/mol. The van der Waals surface area contributed by atoms with Crippen LogP contribution in [0.4, 0.5) is 0 Å². The molecule has 0 fully saturated rings. The number of hydrogen-bond acceptors (Lipinski definition) is 5. The Kier molecular flexibility index (Phi) is 9.20. The number of hydrogen-bond donors (Lipinski definition) is 0. The van der Waals surface area contributed by atoms with E-state index in [4.69, 9.17) is 48.6 Å². The Hall–Kier alpha value is -0.0300. The number of halogens is 3. The molecule has 1 atom stereocenters. The van der Waals surface area contributed by atoms with Gasteiger partial charge in [0.15, 0.2) is 0 Å². The average Bonchev–Trinajstić information content (AvgIpc) is 2.53. The SMILES string of the molecule is CCCSP(=O)(OCC)OC(=CCl)c1cc(Cl)c(OC)cc1Cl. The van der Waals surface area contributed by atoms with Crippen molar-refractivity contribution in [2.45, 2.75) is 20.3 Å². The largest absolute Gasteiger partial charge is 0.495 e. The summed E-state index contributed by atoms with van der Waals surface area (Å²) in [5.41, 5.74) is 1.56. The highest BCUT2D eigenvalue weighted by molar-refractivity contribution is 8.55. The molecule has 1 unspecified atom stereocenters. The van der Waals surface area contributed by atoms with Crippen LogP contribution >= 0.6 is 53.0 Å². The second kappa shape index (κ2) is 10.1. The summed E-state index contributed by atoms with van der Waals surface area (Å²) >= 11 is 19.3. The van der Waals surface area contributed by atoms with Gasteiger partial charge in [0, 0.05) is 22.9 Å². The third-order valence-corrected chi connectivity index (χ3v) is 7.30. The van der Waals surface area contributed by atoms with Gasteiger partial charge in [-0.25, -0.2) is 4.57 Å². The van der Waals surface area contributed by atoms with Gasteiger partial charge in [-0.1, -0.05) is 41.7 Å². The summed E-state index contributed by atoms with van der Waals surface area (Å²) in [4.78, 5) is 0. The third-order valence-electron chi connectivity index (χ3n) is 2.56. The molecule has 1 aromatic carbocycles. The van der Waals surface area contributed by atoms with Gasteiger partial charge in [0.05, 0.1) is 23.8 Å². The molecule has 0 N–H and O–H groups in total. The topological polar surface area (TPSA) is 44.8 Å². The Morgan fingerprint density at radius 2 is 2.00 bits per heavy atom. The van der Waals surface area contributed by atoms with Crippen molar-refractivity contribution in [1.82, 2.24) is 0 Å². The predicted molar refractivity (Wildman–Crippen MR) is 99.9 cm³/mol. The second-order valence-electron chi connectivity index (χ2n) is 4.23. The molecule has 0 saturated heterocycles. The molecule has 0 radical (unpaired) electrons. The van der Waals surface area contributed by atoms with E-state index >= 15 is 0 Å². The van der Waals surface area contributed by atoms with Crippen LogP contribution in [0.3, 0.4) is 0 Å². The van der Waals surface area contributed by atoms with Gasteiger partial charge in [-0.05, 0) is 30.8 Å². The summed E-state index contributed by atoms with van der Waals surface area (Å²) in [7, 11) is 1.48. The maximum atomic E-state index is 12.8. The van der Waals surface area contributed by atoms with Crippen LogP contribution in [0.15, 0.2) is 17.7 Å². The van der Waals surface area contributed by atoms with E-state index in [1.54, 1.807) is 6.92 Å². The molecule has 0 aliphatic carbocycles. The van der Waals surface area contributed by atoms with Crippen molar-refractivity contribution < 1.29 is 18.3 Å². The van der Waals surface area contributed by atoms with Crippen molar-refractivity contribution in [1.29, 1.82) is 0 Å². The zero-order valence-electron chi connectivity index (χ0n) is 13.0. The van der Waals surface area contributed by atoms with Crippen molar-refractivity contribution in [3.63, 3.8) is 0 Å². The van der Waals surface area contributed by atoms with E-state index in [2.05, 4.69) is 0 Å². The van der Waals surface area contributed by atoms with Crippen molar-refractivity contribution in [2.24, 2.45) is 0 Å². The monoisotopic (exact) mass is 418 g/mol. The Labute approximate surface area is 155 Å². The van der Waals surface area contributed by atoms with E-state index in [9.17, 15) is 4.57 Å². The zero-order valence-corrected chi connectivity index (χ0v) is 17.0. The highest BCUT2D eigenvalue weighted by Gasteiger charge is 2.29. The molecule has 0 amide bonds. The van der Waals surface area contributed by atoms with Gasteiger partial charge in [0.25, 0.3) is 0 Å². The van der Waals surface area contributed by atoms with E-state index < -0.39 is 6.80 Å². The summed E-state index contributed by atoms with van der Waals surface area (Å²) in [5, 5.41) is 0.640. The molecule has 0 heterocycles. The van der Waals surface area contributed by atoms with Gasteiger partial charge in [-0.3, -0.25) is 4.52 Å². The molecule has 23 heavy (non-hydrogen) atoms. The van der Waals surface area contributed by atoms with Gasteiger partial charge in [0.2, 0.25) is 0 Å². The molecule has 1 rings (SSSR count). The lowest BCUT2D eigenvalue weighted by atomic mass is 10.2. The molecule has 9 heteroatoms. The summed E-state index contributed by atoms with van der Waals surface area (Å²) in [6.07, 6.45) is 0.833. The number of ether oxygens (including phenoxy) is 1. The van der Waals surface area contributed by atoms with Gasteiger partial charge < -0.3 is 9.26 Å². The molecular formula is C14H18Cl3O4PS. The highest BCUT2D eigenvalue weighted by Crippen LogP contribution is 2.63. The van der Waals surface area contributed by atoms with Gasteiger partial charge >= 0.3 is 6.80 Å². The van der Waals surface area contributed by atoms with Crippen molar-refractivity contribution in [3.05, 3.63) is 33.3 Å². The molecule has 1 aromatic rings. The van der Waals surface area contributed by atoms with Crippen LogP contribution < -0.4 is 4.74 Å². The lowest BCUT2D eigenvalue weighted by molar-refractivity contribution is 0.287. The van der Waals surface area contributed by atoms with E-state index in [0.717, 1.165) is 23.3 Å². The molecule has 0 aliphatic heterocycles. The summed E-state index contributed by atoms with van der Waals surface area (Å²) in [6.45, 7) is 0.568. The Balaban J connectivity index is 3.13. The fourth-order valence-electron chi connectivity index (χ4n) is 1.57. The smallest absolute Gasteiger partial charge is 0.440 e. The normalized spacial score (nSPS) is 14.4. The first-order chi connectivity index (χ1) is 10.9. The molecule has 0 spiro atoms. The quantitative estimate of drug-likeness (QED) is 0.324. The molecule has 4 nitrogen and oxygen atoms in total. The number of benzene rings is 1. The Morgan fingerprint density at radius 1 is 1.30 bits per heavy atom. The summed E-state index contributed by atoms with van der Waals surface area (Å²) < 4.78 is 28.7. The molecule has 0 saturated carbocycles. The van der Waals surface area contributed by atoms with E-state index in [-0.39, 0.29) is 12.4 Å². The van der Waals surface area contributed by atoms with Crippen molar-refractivity contribution in [2.75, 3.05) is 19.5 Å². The standard InChI is InChI=1S/C14H18Cl3O4PS/c1-4-6-23-22(18,20-5-2)21-14(9-15)10-7-12(17)13(19-3)8-11(10)16/h7-9H,4-6H2,1-3H3. The fraction of sp³-hybridized carbons (Fsp3) is 0.429. The average molecular weight is 420 g/mol. The minimum absolute atomic E-state index is 0.126. The van der Waals surface area contributed by atoms with Crippen LogP contribution in [0.5, 0.6) is 5.75 Å². The molecule has 0 aliphatic rings. The zero-order chi connectivity index (χ0) is 17.5. The van der Waals surface area contributed by atoms with E-state index in [1.807, 2.05) is 6.92 Å². The van der Waals surface area contributed by atoms with Crippen LogP contribution in [-0.2, 0) is 13.6 Å². The van der Waals surface area contributed by atoms with E-state index in [1.165, 1.54) is 19.2 Å². The van der Waals surface area contributed by atoms with Gasteiger partial charge in [0.1, 0.15) is 11.5 Å². The first-order valence-corrected chi connectivity index (χ1v) is 11.2. The maximum absolute atomic E-state index is 12.8. The van der Waals surface area contributed by atoms with E-state index in [0.29, 0.717) is 27.1 Å². The lowest BCUT2D eigenvalue weighted by Gasteiger charge is -2.20. The predicted octanol–water partition coefficient (Wildman–Crippen LogP) is 6.84. The van der Waals surface area contributed by atoms with Crippen LogP contribution in [0.25, 0.3) is 5.76 Å². The van der Waals surface area contributed by atoms with Crippen LogP contribution in [0.1, 0.15) is 25.8 Å². The minimum Gasteiger partial charge on any atom is -0.495 e. The van der Waals surface area contributed by atoms with Gasteiger partial charge in [-0.15, -0.1) is 0 Å². The van der Waals surface area contributed by atoms with Crippen molar-refractivity contribution >= 4 is 58.7 Å². The molecule has 130 valence electrons. The Morgan fingerprint density at radius 3 is 2.52 bits per heavy atom. The van der Waals surface area contributed by atoms with Crippen LogP contribution in [-0.4, -0.2) is 19.5 Å². The first-order valence-electron chi connectivity index (χ1n) is 6.83. The van der Waals surface area contributed by atoms with Crippen LogP contribution in [0, 0.1) is 0 Å².